The van der Waals surface area contributed by atoms with Crippen molar-refractivity contribution in [1.82, 2.24) is 9.55 Å². The minimum Gasteiger partial charge on any atom is -0.497 e. The summed E-state index contributed by atoms with van der Waals surface area (Å²) in [6.07, 6.45) is 9.14. The lowest BCUT2D eigenvalue weighted by Gasteiger charge is -2.31. The molecule has 38 heavy (non-hydrogen) atoms. The van der Waals surface area contributed by atoms with Crippen LogP contribution in [0.4, 0.5) is 0 Å². The Balaban J connectivity index is 1.49. The van der Waals surface area contributed by atoms with E-state index in [9.17, 15) is 9.59 Å². The summed E-state index contributed by atoms with van der Waals surface area (Å²) in [4.78, 5) is 34.7. The minimum atomic E-state index is -0.755. The molecule has 2 atom stereocenters. The first-order valence-corrected chi connectivity index (χ1v) is 12.3. The summed E-state index contributed by atoms with van der Waals surface area (Å²) in [6.45, 7) is 4.34. The number of methoxy groups -OCH3 is 2. The zero-order valence-electron chi connectivity index (χ0n) is 22.0. The highest BCUT2D eigenvalue weighted by Gasteiger charge is 2.42. The number of esters is 2. The Labute approximate surface area is 222 Å². The normalized spacial score (nSPS) is 17.3. The van der Waals surface area contributed by atoms with E-state index in [1.807, 2.05) is 65.4 Å². The van der Waals surface area contributed by atoms with Crippen molar-refractivity contribution in [3.63, 3.8) is 0 Å². The fraction of sp³-hybridized carbons (Fsp3) is 0.267. The highest BCUT2D eigenvalue weighted by molar-refractivity contribution is 6.07. The predicted molar refractivity (Wildman–Crippen MR) is 145 cm³/mol. The Morgan fingerprint density at radius 3 is 2.55 bits per heavy atom. The first-order valence-electron chi connectivity index (χ1n) is 12.3. The van der Waals surface area contributed by atoms with Crippen LogP contribution in [0.2, 0.25) is 0 Å². The van der Waals surface area contributed by atoms with Gasteiger partial charge in [0.05, 0.1) is 26.1 Å². The van der Waals surface area contributed by atoms with E-state index in [-0.39, 0.29) is 6.61 Å². The molecule has 2 aromatic carbocycles. The van der Waals surface area contributed by atoms with Gasteiger partial charge in [0.25, 0.3) is 0 Å². The Hall–Kier alpha value is -4.46. The number of ether oxygens (including phenoxy) is 3. The van der Waals surface area contributed by atoms with Crippen LogP contribution in [0.3, 0.4) is 0 Å². The Kier molecular flexibility index (Phi) is 8.53. The van der Waals surface area contributed by atoms with Crippen molar-refractivity contribution in [3.05, 3.63) is 101 Å². The van der Waals surface area contributed by atoms with E-state index in [1.54, 1.807) is 39.6 Å². The molecule has 0 fully saturated rings. The van der Waals surface area contributed by atoms with E-state index in [0.29, 0.717) is 22.7 Å². The zero-order chi connectivity index (χ0) is 27.1. The topological polar surface area (TPSA) is 92.0 Å². The maximum atomic E-state index is 13.3. The summed E-state index contributed by atoms with van der Waals surface area (Å²) in [5.41, 5.74) is 4.31. The molecule has 8 heteroatoms. The fourth-order valence-corrected chi connectivity index (χ4v) is 4.64. The number of carbonyl (C=O) groups excluding carboxylic acids is 2. The third kappa shape index (κ3) is 6.08. The van der Waals surface area contributed by atoms with Gasteiger partial charge in [-0.1, -0.05) is 42.5 Å². The third-order valence-electron chi connectivity index (χ3n) is 6.48. The van der Waals surface area contributed by atoms with Crippen LogP contribution in [-0.2, 0) is 25.6 Å². The van der Waals surface area contributed by atoms with Crippen LogP contribution in [0.5, 0.6) is 5.75 Å². The number of benzene rings is 2. The monoisotopic (exact) mass is 513 g/mol. The Morgan fingerprint density at radius 2 is 1.87 bits per heavy atom. The molecule has 0 saturated carbocycles. The summed E-state index contributed by atoms with van der Waals surface area (Å²) < 4.78 is 18.1. The standard InChI is InChI=1S/C30H31N3O5/c1-20-26(29(34)37-4)28(24-8-5-9-25(17-24)36-3)27(21(2)32-20)30(35)38-16-6-7-22-10-12-23(13-11-22)18-33-15-14-31-19-33/h5-15,17,19,26,28H,16,18H2,1-4H3. The highest BCUT2D eigenvalue weighted by Crippen LogP contribution is 2.40. The molecule has 3 aromatic rings. The van der Waals surface area contributed by atoms with Gasteiger partial charge in [0, 0.05) is 36.3 Å². The number of nitrogens with zero attached hydrogens (tertiary/aromatic N) is 3. The average Bonchev–Trinajstić information content (AvgIpc) is 3.44. The van der Waals surface area contributed by atoms with Crippen molar-refractivity contribution < 1.29 is 23.8 Å². The first kappa shape index (κ1) is 26.6. The quantitative estimate of drug-likeness (QED) is 0.381. The van der Waals surface area contributed by atoms with Crippen molar-refractivity contribution in [1.29, 1.82) is 0 Å². The second-order valence-corrected chi connectivity index (χ2v) is 8.98. The van der Waals surface area contributed by atoms with E-state index >= 15 is 0 Å². The first-order chi connectivity index (χ1) is 18.4. The minimum absolute atomic E-state index is 0.0722. The number of aromatic nitrogens is 2. The van der Waals surface area contributed by atoms with Crippen LogP contribution < -0.4 is 4.74 Å². The smallest absolute Gasteiger partial charge is 0.336 e. The predicted octanol–water partition coefficient (Wildman–Crippen LogP) is 4.82. The van der Waals surface area contributed by atoms with E-state index in [1.165, 1.54) is 7.11 Å². The fourth-order valence-electron chi connectivity index (χ4n) is 4.64. The van der Waals surface area contributed by atoms with E-state index in [2.05, 4.69) is 9.98 Å². The second-order valence-electron chi connectivity index (χ2n) is 8.98. The number of aliphatic imine (C=N–C) groups is 1. The van der Waals surface area contributed by atoms with Crippen LogP contribution in [0.15, 0.2) is 89.6 Å². The van der Waals surface area contributed by atoms with Crippen molar-refractivity contribution in [2.45, 2.75) is 26.3 Å². The van der Waals surface area contributed by atoms with Gasteiger partial charge in [-0.2, -0.15) is 0 Å². The van der Waals surface area contributed by atoms with Gasteiger partial charge in [-0.05, 0) is 48.7 Å². The summed E-state index contributed by atoms with van der Waals surface area (Å²) in [7, 11) is 2.90. The number of hydrogen-bond acceptors (Lipinski definition) is 7. The zero-order valence-corrected chi connectivity index (χ0v) is 22.0. The van der Waals surface area contributed by atoms with Crippen LogP contribution in [-0.4, -0.2) is 48.0 Å². The van der Waals surface area contributed by atoms with Crippen LogP contribution >= 0.6 is 0 Å². The molecule has 196 valence electrons. The van der Waals surface area contributed by atoms with Gasteiger partial charge in [0.1, 0.15) is 18.3 Å². The lowest BCUT2D eigenvalue weighted by atomic mass is 9.75. The molecule has 8 nitrogen and oxygen atoms in total. The average molecular weight is 514 g/mol. The number of allylic oxidation sites excluding steroid dienone is 1. The third-order valence-corrected chi connectivity index (χ3v) is 6.48. The molecule has 0 bridgehead atoms. The molecule has 4 rings (SSSR count). The van der Waals surface area contributed by atoms with Crippen LogP contribution in [0.1, 0.15) is 36.5 Å². The van der Waals surface area contributed by atoms with Gasteiger partial charge in [-0.3, -0.25) is 9.79 Å². The van der Waals surface area contributed by atoms with Crippen molar-refractivity contribution in [2.24, 2.45) is 10.9 Å². The lowest BCUT2D eigenvalue weighted by molar-refractivity contribution is -0.143. The lowest BCUT2D eigenvalue weighted by Crippen LogP contribution is -2.36. The summed E-state index contributed by atoms with van der Waals surface area (Å²) >= 11 is 0. The summed E-state index contributed by atoms with van der Waals surface area (Å²) in [5.74, 6) is -1.74. The van der Waals surface area contributed by atoms with Crippen molar-refractivity contribution in [2.75, 3.05) is 20.8 Å². The number of rotatable bonds is 9. The molecule has 0 spiro atoms. The molecule has 0 amide bonds. The van der Waals surface area contributed by atoms with Crippen LogP contribution in [0.25, 0.3) is 6.08 Å². The molecule has 2 heterocycles. The molecule has 0 N–H and O–H groups in total. The highest BCUT2D eigenvalue weighted by atomic mass is 16.5. The molecule has 0 saturated heterocycles. The Morgan fingerprint density at radius 1 is 1.08 bits per heavy atom. The largest absolute Gasteiger partial charge is 0.497 e. The molecule has 0 aliphatic carbocycles. The molecular weight excluding hydrogens is 482 g/mol. The van der Waals surface area contributed by atoms with Gasteiger partial charge in [0.2, 0.25) is 0 Å². The van der Waals surface area contributed by atoms with Gasteiger partial charge in [0.15, 0.2) is 0 Å². The van der Waals surface area contributed by atoms with Gasteiger partial charge in [-0.15, -0.1) is 0 Å². The maximum absolute atomic E-state index is 13.3. The number of imidazole rings is 1. The molecule has 2 unspecified atom stereocenters. The van der Waals surface area contributed by atoms with E-state index < -0.39 is 23.8 Å². The SMILES string of the molecule is COC(=O)C1C(C)=NC(C)=C(C(=O)OCC=Cc2ccc(Cn3ccnc3)cc2)C1c1cccc(OC)c1. The second kappa shape index (κ2) is 12.2. The van der Waals surface area contributed by atoms with Gasteiger partial charge in [-0.25, -0.2) is 9.78 Å². The molecule has 0 radical (unpaired) electrons. The van der Waals surface area contributed by atoms with E-state index in [0.717, 1.165) is 23.2 Å². The summed E-state index contributed by atoms with van der Waals surface area (Å²) in [5, 5.41) is 0. The molecule has 1 aliphatic rings. The molecular formula is C30H31N3O5. The number of carbonyl (C=O) groups is 2. The summed E-state index contributed by atoms with van der Waals surface area (Å²) in [6, 6.07) is 15.4. The molecule has 1 aliphatic heterocycles. The van der Waals surface area contributed by atoms with Crippen LogP contribution in [0, 0.1) is 5.92 Å². The maximum Gasteiger partial charge on any atom is 0.336 e. The van der Waals surface area contributed by atoms with Crippen molar-refractivity contribution >= 4 is 23.7 Å². The molecule has 1 aromatic heterocycles. The number of hydrogen-bond donors (Lipinski definition) is 0. The van der Waals surface area contributed by atoms with Gasteiger partial charge < -0.3 is 18.8 Å². The van der Waals surface area contributed by atoms with E-state index in [4.69, 9.17) is 14.2 Å². The Bertz CT molecular complexity index is 1370. The van der Waals surface area contributed by atoms with Crippen molar-refractivity contribution in [3.8, 4) is 5.75 Å². The van der Waals surface area contributed by atoms with Gasteiger partial charge >= 0.3 is 11.9 Å².